The Balaban J connectivity index is 2.28. The third kappa shape index (κ3) is 1.71. The minimum absolute atomic E-state index is 0.000656. The highest BCUT2D eigenvalue weighted by Crippen LogP contribution is 2.34. The van der Waals surface area contributed by atoms with Crippen LogP contribution in [0.5, 0.6) is 0 Å². The Hall–Kier alpha value is -1.96. The number of hydrogen-bond donors (Lipinski definition) is 1. The molecule has 0 saturated heterocycles. The van der Waals surface area contributed by atoms with Crippen molar-refractivity contribution in [3.05, 3.63) is 40.3 Å². The van der Waals surface area contributed by atoms with Crippen LogP contribution in [0.25, 0.3) is 11.3 Å². The van der Waals surface area contributed by atoms with Crippen molar-refractivity contribution in [2.45, 2.75) is 13.0 Å². The van der Waals surface area contributed by atoms with Gasteiger partial charge in [-0.3, -0.25) is 5.10 Å². The van der Waals surface area contributed by atoms with Crippen LogP contribution in [0, 0.1) is 29.1 Å². The van der Waals surface area contributed by atoms with Crippen LogP contribution in [-0.2, 0) is 17.8 Å². The number of fused-ring (bicyclic) bond motifs is 1. The van der Waals surface area contributed by atoms with Crippen LogP contribution >= 0.6 is 0 Å². The maximum absolute atomic E-state index is 13.7. The maximum atomic E-state index is 13.7. The lowest BCUT2D eigenvalue weighted by Crippen LogP contribution is -2.10. The molecule has 0 aliphatic carbocycles. The van der Waals surface area contributed by atoms with E-state index in [0.29, 0.717) is 24.3 Å². The zero-order chi connectivity index (χ0) is 14.4. The molecule has 1 aromatic heterocycles. The third-order valence-electron chi connectivity index (χ3n) is 3.14. The average molecular weight is 290 g/mol. The summed E-state index contributed by atoms with van der Waals surface area (Å²) in [4.78, 5) is 0. The Morgan fingerprint density at radius 3 is 2.15 bits per heavy atom. The van der Waals surface area contributed by atoms with Gasteiger partial charge in [-0.2, -0.15) is 5.10 Å². The summed E-state index contributed by atoms with van der Waals surface area (Å²) in [5.41, 5.74) is -0.480. The van der Waals surface area contributed by atoms with Gasteiger partial charge in [-0.05, 0) is 0 Å². The summed E-state index contributed by atoms with van der Waals surface area (Å²) < 4.78 is 71.9. The number of halogens is 5. The maximum Gasteiger partial charge on any atom is 0.200 e. The molecule has 8 heteroatoms. The Morgan fingerprint density at radius 1 is 0.900 bits per heavy atom. The number of hydrogen-bond acceptors (Lipinski definition) is 2. The van der Waals surface area contributed by atoms with Crippen LogP contribution in [0.3, 0.4) is 0 Å². The summed E-state index contributed by atoms with van der Waals surface area (Å²) in [5.74, 6) is -9.98. The smallest absolute Gasteiger partial charge is 0.200 e. The monoisotopic (exact) mass is 290 g/mol. The molecule has 0 amide bonds. The van der Waals surface area contributed by atoms with Crippen molar-refractivity contribution in [3.63, 3.8) is 0 Å². The molecule has 0 saturated carbocycles. The molecule has 1 N–H and O–H groups in total. The number of aromatic nitrogens is 2. The molecule has 106 valence electrons. The van der Waals surface area contributed by atoms with Crippen LogP contribution in [0.1, 0.15) is 11.3 Å². The van der Waals surface area contributed by atoms with Gasteiger partial charge in [0.25, 0.3) is 0 Å². The predicted molar refractivity (Wildman–Crippen MR) is 57.2 cm³/mol. The predicted octanol–water partition coefficient (Wildman–Crippen LogP) is 2.84. The van der Waals surface area contributed by atoms with Crippen LogP contribution < -0.4 is 0 Å². The van der Waals surface area contributed by atoms with Crippen LogP contribution in [0.2, 0.25) is 0 Å². The Kier molecular flexibility index (Phi) is 2.97. The topological polar surface area (TPSA) is 37.9 Å². The van der Waals surface area contributed by atoms with E-state index in [1.165, 1.54) is 0 Å². The van der Waals surface area contributed by atoms with Gasteiger partial charge in [0.1, 0.15) is 5.69 Å². The van der Waals surface area contributed by atoms with E-state index in [1.807, 2.05) is 0 Å². The van der Waals surface area contributed by atoms with Gasteiger partial charge in [0.15, 0.2) is 23.3 Å². The van der Waals surface area contributed by atoms with Gasteiger partial charge in [0, 0.05) is 17.7 Å². The summed E-state index contributed by atoms with van der Waals surface area (Å²) in [5, 5.41) is 6.19. The highest BCUT2D eigenvalue weighted by Gasteiger charge is 2.30. The summed E-state index contributed by atoms with van der Waals surface area (Å²) in [6.07, 6.45) is 0.428. The van der Waals surface area contributed by atoms with E-state index in [2.05, 4.69) is 10.2 Å². The summed E-state index contributed by atoms with van der Waals surface area (Å²) in [7, 11) is 0. The van der Waals surface area contributed by atoms with Crippen LogP contribution in [0.4, 0.5) is 22.0 Å². The first-order chi connectivity index (χ1) is 9.52. The molecule has 0 bridgehead atoms. The number of aromatic amines is 1. The molecule has 0 radical (unpaired) electrons. The minimum Gasteiger partial charge on any atom is -0.376 e. The fourth-order valence-corrected chi connectivity index (χ4v) is 2.13. The minimum atomic E-state index is -2.19. The SMILES string of the molecule is Fc1c(F)c(F)c(-c2n[nH]c3c2COCC3)c(F)c1F. The normalized spacial score (nSPS) is 14.4. The quantitative estimate of drug-likeness (QED) is 0.498. The fraction of sp³-hybridized carbons (Fsp3) is 0.250. The van der Waals surface area contributed by atoms with E-state index < -0.39 is 34.6 Å². The highest BCUT2D eigenvalue weighted by atomic mass is 19.2. The van der Waals surface area contributed by atoms with Crippen molar-refractivity contribution >= 4 is 0 Å². The molecule has 2 aromatic rings. The molecule has 20 heavy (non-hydrogen) atoms. The van der Waals surface area contributed by atoms with Gasteiger partial charge in [0.05, 0.1) is 18.8 Å². The highest BCUT2D eigenvalue weighted by molar-refractivity contribution is 5.66. The van der Waals surface area contributed by atoms with Crippen molar-refractivity contribution in [2.75, 3.05) is 6.61 Å². The molecule has 0 unspecified atom stereocenters. The van der Waals surface area contributed by atoms with E-state index >= 15 is 0 Å². The zero-order valence-corrected chi connectivity index (χ0v) is 9.87. The first-order valence-electron chi connectivity index (χ1n) is 5.68. The molecule has 3 nitrogen and oxygen atoms in total. The number of nitrogens with zero attached hydrogens (tertiary/aromatic N) is 1. The van der Waals surface area contributed by atoms with Crippen molar-refractivity contribution in [3.8, 4) is 11.3 Å². The third-order valence-corrected chi connectivity index (χ3v) is 3.14. The molecular formula is C12H7F5N2O. The molecular weight excluding hydrogens is 283 g/mol. The van der Waals surface area contributed by atoms with E-state index in [0.717, 1.165) is 0 Å². The largest absolute Gasteiger partial charge is 0.376 e. The standard InChI is InChI=1S/C12H7F5N2O/c13-7-6(8(14)10(16)11(17)9(7)15)12-4-3-20-2-1-5(4)18-19-12/h1-3H2,(H,18,19). The number of H-pyrrole nitrogens is 1. The van der Waals surface area contributed by atoms with Crippen LogP contribution in [0.15, 0.2) is 0 Å². The Bertz CT molecular complexity index is 669. The Labute approximate surface area is 109 Å². The van der Waals surface area contributed by atoms with Gasteiger partial charge >= 0.3 is 0 Å². The lowest BCUT2D eigenvalue weighted by atomic mass is 10.0. The van der Waals surface area contributed by atoms with Gasteiger partial charge in [-0.25, -0.2) is 22.0 Å². The van der Waals surface area contributed by atoms with Gasteiger partial charge in [0.2, 0.25) is 5.82 Å². The summed E-state index contributed by atoms with van der Waals surface area (Å²) in [6, 6.07) is 0. The molecule has 1 aromatic carbocycles. The second kappa shape index (κ2) is 4.55. The first kappa shape index (κ1) is 13.0. The summed E-state index contributed by atoms with van der Waals surface area (Å²) >= 11 is 0. The number of benzene rings is 1. The average Bonchev–Trinajstić information content (AvgIpc) is 2.87. The van der Waals surface area contributed by atoms with Gasteiger partial charge in [-0.1, -0.05) is 0 Å². The molecule has 1 aliphatic rings. The number of ether oxygens (including phenoxy) is 1. The zero-order valence-electron chi connectivity index (χ0n) is 9.87. The van der Waals surface area contributed by atoms with Gasteiger partial charge < -0.3 is 4.74 Å². The molecule has 2 heterocycles. The second-order valence-corrected chi connectivity index (χ2v) is 4.28. The number of nitrogens with one attached hydrogen (secondary N) is 1. The molecule has 3 rings (SSSR count). The van der Waals surface area contributed by atoms with Crippen molar-refractivity contribution in [2.24, 2.45) is 0 Å². The lowest BCUT2D eigenvalue weighted by Gasteiger charge is -2.13. The van der Waals surface area contributed by atoms with Crippen LogP contribution in [-0.4, -0.2) is 16.8 Å². The number of rotatable bonds is 1. The second-order valence-electron chi connectivity index (χ2n) is 4.28. The summed E-state index contributed by atoms with van der Waals surface area (Å²) in [6.45, 7) is 0.395. The lowest BCUT2D eigenvalue weighted by molar-refractivity contribution is 0.110. The molecule has 0 spiro atoms. The molecule has 0 atom stereocenters. The Morgan fingerprint density at radius 2 is 1.50 bits per heavy atom. The fourth-order valence-electron chi connectivity index (χ4n) is 2.13. The van der Waals surface area contributed by atoms with E-state index in [4.69, 9.17) is 4.74 Å². The van der Waals surface area contributed by atoms with Crippen molar-refractivity contribution in [1.82, 2.24) is 10.2 Å². The molecule has 0 fully saturated rings. The van der Waals surface area contributed by atoms with E-state index in [9.17, 15) is 22.0 Å². The van der Waals surface area contributed by atoms with E-state index in [1.54, 1.807) is 0 Å². The molecule has 1 aliphatic heterocycles. The van der Waals surface area contributed by atoms with E-state index in [-0.39, 0.29) is 12.3 Å². The van der Waals surface area contributed by atoms with Crippen molar-refractivity contribution < 1.29 is 26.7 Å². The van der Waals surface area contributed by atoms with Gasteiger partial charge in [-0.15, -0.1) is 0 Å². The van der Waals surface area contributed by atoms with Crippen molar-refractivity contribution in [1.29, 1.82) is 0 Å². The first-order valence-corrected chi connectivity index (χ1v) is 5.68.